The molecule has 1 heterocycles. The molecule has 104 valence electrons. The monoisotopic (exact) mass is 349 g/mol. The van der Waals surface area contributed by atoms with Crippen LogP contribution in [0.5, 0.6) is 0 Å². The lowest BCUT2D eigenvalue weighted by Crippen LogP contribution is -2.34. The van der Waals surface area contributed by atoms with Crippen LogP contribution in [0.1, 0.15) is 16.8 Å². The first-order chi connectivity index (χ1) is 8.91. The van der Waals surface area contributed by atoms with Gasteiger partial charge in [0.05, 0.1) is 17.1 Å². The lowest BCUT2D eigenvalue weighted by atomic mass is 10.2. The van der Waals surface area contributed by atoms with Gasteiger partial charge in [-0.1, -0.05) is 6.07 Å². The van der Waals surface area contributed by atoms with Crippen molar-refractivity contribution in [3.63, 3.8) is 0 Å². The molecule has 4 nitrogen and oxygen atoms in total. The van der Waals surface area contributed by atoms with Crippen LogP contribution in [-0.2, 0) is 9.84 Å². The highest BCUT2D eigenvalue weighted by atomic mass is 79.9. The molecule has 0 N–H and O–H groups in total. The summed E-state index contributed by atoms with van der Waals surface area (Å²) < 4.78 is 37.1. The molecular formula is C12H13BrFNO3S. The summed E-state index contributed by atoms with van der Waals surface area (Å²) in [6.45, 7) is 0.445. The summed E-state index contributed by atoms with van der Waals surface area (Å²) in [6, 6.07) is 4.31. The molecule has 0 saturated carbocycles. The Hall–Kier alpha value is -0.950. The maximum atomic E-state index is 13.7. The third-order valence-electron chi connectivity index (χ3n) is 3.02. The van der Waals surface area contributed by atoms with Gasteiger partial charge in [0.15, 0.2) is 9.84 Å². The number of amides is 1. The number of carbonyl (C=O) groups is 1. The number of hydrogen-bond acceptors (Lipinski definition) is 3. The summed E-state index contributed by atoms with van der Waals surface area (Å²) >= 11 is 3.15. The second-order valence-electron chi connectivity index (χ2n) is 4.39. The number of carbonyl (C=O) groups excluding carboxylic acids is 1. The topological polar surface area (TPSA) is 54.5 Å². The van der Waals surface area contributed by atoms with Crippen LogP contribution in [-0.4, -0.2) is 43.8 Å². The van der Waals surface area contributed by atoms with Crippen molar-refractivity contribution in [3.8, 4) is 0 Å². The third kappa shape index (κ3) is 3.33. The van der Waals surface area contributed by atoms with Crippen molar-refractivity contribution in [1.29, 1.82) is 0 Å². The Kier molecular flexibility index (Phi) is 4.25. The fourth-order valence-corrected chi connectivity index (χ4v) is 3.79. The van der Waals surface area contributed by atoms with Crippen LogP contribution in [0.3, 0.4) is 0 Å². The zero-order chi connectivity index (χ0) is 14.0. The summed E-state index contributed by atoms with van der Waals surface area (Å²) in [5.41, 5.74) is -0.0400. The number of rotatable bonds is 1. The van der Waals surface area contributed by atoms with Crippen LogP contribution in [0, 0.1) is 5.82 Å². The molecule has 7 heteroatoms. The average molecular weight is 350 g/mol. The van der Waals surface area contributed by atoms with E-state index in [1.165, 1.54) is 17.0 Å². The first kappa shape index (κ1) is 14.5. The number of benzene rings is 1. The Bertz CT molecular complexity index is 583. The number of hydrogen-bond donors (Lipinski definition) is 0. The highest BCUT2D eigenvalue weighted by Gasteiger charge is 2.26. The molecule has 0 spiro atoms. The zero-order valence-corrected chi connectivity index (χ0v) is 12.5. The van der Waals surface area contributed by atoms with Gasteiger partial charge in [0.2, 0.25) is 0 Å². The van der Waals surface area contributed by atoms with Gasteiger partial charge in [-0.3, -0.25) is 4.79 Å². The third-order valence-corrected chi connectivity index (χ3v) is 5.40. The van der Waals surface area contributed by atoms with E-state index in [1.807, 2.05) is 0 Å². The van der Waals surface area contributed by atoms with Gasteiger partial charge in [-0.2, -0.15) is 0 Å². The summed E-state index contributed by atoms with van der Waals surface area (Å²) in [4.78, 5) is 13.7. The van der Waals surface area contributed by atoms with Crippen molar-refractivity contribution in [3.05, 3.63) is 34.1 Å². The Balaban J connectivity index is 2.25. The molecule has 2 rings (SSSR count). The maximum Gasteiger partial charge on any atom is 0.258 e. The molecule has 0 aromatic heterocycles. The van der Waals surface area contributed by atoms with Crippen LogP contribution >= 0.6 is 15.9 Å². The highest BCUT2D eigenvalue weighted by molar-refractivity contribution is 9.10. The van der Waals surface area contributed by atoms with E-state index in [-0.39, 0.29) is 23.6 Å². The number of nitrogens with zero attached hydrogens (tertiary/aromatic N) is 1. The minimum Gasteiger partial charge on any atom is -0.337 e. The molecule has 0 bridgehead atoms. The second-order valence-corrected chi connectivity index (χ2v) is 7.55. The molecule has 1 aromatic rings. The normalized spacial score (nSPS) is 18.9. The van der Waals surface area contributed by atoms with Gasteiger partial charge in [-0.15, -0.1) is 0 Å². The quantitative estimate of drug-likeness (QED) is 0.777. The van der Waals surface area contributed by atoms with E-state index in [4.69, 9.17) is 0 Å². The van der Waals surface area contributed by atoms with Crippen molar-refractivity contribution in [2.75, 3.05) is 24.6 Å². The minimum atomic E-state index is -3.09. The molecule has 1 amide bonds. The predicted octanol–water partition coefficient (Wildman–Crippen LogP) is 1.85. The maximum absolute atomic E-state index is 13.7. The summed E-state index contributed by atoms with van der Waals surface area (Å²) in [5, 5.41) is 0. The van der Waals surface area contributed by atoms with Crippen molar-refractivity contribution < 1.29 is 17.6 Å². The van der Waals surface area contributed by atoms with Gasteiger partial charge < -0.3 is 4.90 Å². The fraction of sp³-hybridized carbons (Fsp3) is 0.417. The molecule has 0 aliphatic carbocycles. The Labute approximate surface area is 119 Å². The molecule has 1 aliphatic heterocycles. The van der Waals surface area contributed by atoms with Crippen molar-refractivity contribution in [2.24, 2.45) is 0 Å². The minimum absolute atomic E-state index is 0.0400. The second kappa shape index (κ2) is 5.58. The fourth-order valence-electron chi connectivity index (χ4n) is 2.00. The predicted molar refractivity (Wildman–Crippen MR) is 73.3 cm³/mol. The molecule has 0 atom stereocenters. The average Bonchev–Trinajstić information content (AvgIpc) is 2.50. The van der Waals surface area contributed by atoms with Crippen molar-refractivity contribution in [2.45, 2.75) is 6.42 Å². The first-order valence-corrected chi connectivity index (χ1v) is 8.46. The summed E-state index contributed by atoms with van der Waals surface area (Å²) in [7, 11) is -3.09. The zero-order valence-electron chi connectivity index (χ0n) is 10.1. The van der Waals surface area contributed by atoms with Crippen molar-refractivity contribution in [1.82, 2.24) is 4.90 Å². The standard InChI is InChI=1S/C12H13BrFNO3S/c13-9-3-1-4-10(14)11(9)12(16)15-5-2-7-19(17,18)8-6-15/h1,3-4H,2,5-8H2. The molecule has 1 aliphatic rings. The van der Waals surface area contributed by atoms with Crippen molar-refractivity contribution >= 4 is 31.7 Å². The van der Waals surface area contributed by atoms with E-state index in [1.54, 1.807) is 6.07 Å². The molecule has 1 aromatic carbocycles. The molecule has 1 fully saturated rings. The van der Waals surface area contributed by atoms with Crippen LogP contribution in [0.4, 0.5) is 4.39 Å². The highest BCUT2D eigenvalue weighted by Crippen LogP contribution is 2.22. The molecule has 0 unspecified atom stereocenters. The van der Waals surface area contributed by atoms with Crippen LogP contribution in [0.25, 0.3) is 0 Å². The number of halogens is 2. The molecule has 19 heavy (non-hydrogen) atoms. The van der Waals surface area contributed by atoms with Crippen LogP contribution in [0.2, 0.25) is 0 Å². The van der Waals surface area contributed by atoms with Crippen LogP contribution in [0.15, 0.2) is 22.7 Å². The Morgan fingerprint density at radius 2 is 2.00 bits per heavy atom. The van der Waals surface area contributed by atoms with E-state index in [0.29, 0.717) is 17.4 Å². The van der Waals surface area contributed by atoms with E-state index in [0.717, 1.165) is 0 Å². The molecule has 0 radical (unpaired) electrons. The Morgan fingerprint density at radius 3 is 2.68 bits per heavy atom. The SMILES string of the molecule is O=C(c1c(F)cccc1Br)N1CCCS(=O)(=O)CC1. The van der Waals surface area contributed by atoms with E-state index in [9.17, 15) is 17.6 Å². The summed E-state index contributed by atoms with van der Waals surface area (Å²) in [6.07, 6.45) is 0.389. The van der Waals surface area contributed by atoms with Gasteiger partial charge in [0.25, 0.3) is 5.91 Å². The smallest absolute Gasteiger partial charge is 0.258 e. The first-order valence-electron chi connectivity index (χ1n) is 5.84. The van der Waals surface area contributed by atoms with Gasteiger partial charge in [-0.25, -0.2) is 12.8 Å². The number of sulfone groups is 1. The lowest BCUT2D eigenvalue weighted by molar-refractivity contribution is 0.0763. The van der Waals surface area contributed by atoms with Gasteiger partial charge in [-0.05, 0) is 34.5 Å². The van der Waals surface area contributed by atoms with Gasteiger partial charge >= 0.3 is 0 Å². The largest absolute Gasteiger partial charge is 0.337 e. The molecular weight excluding hydrogens is 337 g/mol. The Morgan fingerprint density at radius 1 is 1.26 bits per heavy atom. The van der Waals surface area contributed by atoms with E-state index in [2.05, 4.69) is 15.9 Å². The molecule has 1 saturated heterocycles. The lowest BCUT2D eigenvalue weighted by Gasteiger charge is -2.20. The van der Waals surface area contributed by atoms with E-state index >= 15 is 0 Å². The summed E-state index contributed by atoms with van der Waals surface area (Å²) in [5.74, 6) is -1.06. The van der Waals surface area contributed by atoms with Crippen LogP contribution < -0.4 is 0 Å². The van der Waals surface area contributed by atoms with E-state index < -0.39 is 21.6 Å². The van der Waals surface area contributed by atoms with Gasteiger partial charge in [0.1, 0.15) is 5.82 Å². The van der Waals surface area contributed by atoms with Gasteiger partial charge in [0, 0.05) is 17.6 Å².